The van der Waals surface area contributed by atoms with Crippen molar-refractivity contribution in [3.63, 3.8) is 0 Å². The van der Waals surface area contributed by atoms with Gasteiger partial charge < -0.3 is 0 Å². The Morgan fingerprint density at radius 2 is 0.591 bits per heavy atom. The molecule has 1 heterocycles. The van der Waals surface area contributed by atoms with Gasteiger partial charge >= 0.3 is 0 Å². The quantitative estimate of drug-likeness (QED) is 0.143. The number of hydrogen-bond acceptors (Lipinski definition) is 3. The van der Waals surface area contributed by atoms with Crippen LogP contribution in [0.15, 0.2) is 231 Å². The molecule has 0 atom stereocenters. The Hall–Kier alpha value is -9.04. The molecule has 0 unspecified atom stereocenters. The van der Waals surface area contributed by atoms with Crippen molar-refractivity contribution in [3.8, 4) is 112 Å². The Morgan fingerprint density at radius 1 is 0.242 bits per heavy atom. The topological polar surface area (TPSA) is 43.0 Å². The van der Waals surface area contributed by atoms with Crippen molar-refractivity contribution in [1.29, 1.82) is 0 Å². The monoisotopic (exact) mass is 838 g/mol. The van der Waals surface area contributed by atoms with Crippen LogP contribution in [0.4, 0.5) is 5.69 Å². The van der Waals surface area contributed by atoms with Crippen LogP contribution in [0, 0.1) is 6.57 Å². The summed E-state index contributed by atoms with van der Waals surface area (Å²) in [6.45, 7) is 7.91. The highest BCUT2D eigenvalue weighted by Gasteiger charge is 2.26. The summed E-state index contributed by atoms with van der Waals surface area (Å²) in [6, 6.07) is 80.5. The van der Waals surface area contributed by atoms with Gasteiger partial charge in [0.25, 0.3) is 0 Å². The van der Waals surface area contributed by atoms with Gasteiger partial charge in [0.2, 0.25) is 0 Å². The van der Waals surface area contributed by atoms with Crippen molar-refractivity contribution in [1.82, 2.24) is 15.0 Å². The van der Waals surface area contributed by atoms with Crippen LogP contribution >= 0.6 is 0 Å². The average molecular weight is 839 g/mol. The fourth-order valence-electron chi connectivity index (χ4n) is 9.58. The highest BCUT2D eigenvalue weighted by Crippen LogP contribution is 2.53. The van der Waals surface area contributed by atoms with Crippen LogP contribution in [0.25, 0.3) is 128 Å². The number of benzene rings is 10. The third-order valence-corrected chi connectivity index (χ3v) is 12.8. The number of aromatic nitrogens is 3. The maximum atomic E-state index is 7.91. The molecule has 4 heteroatoms. The van der Waals surface area contributed by atoms with Crippen LogP contribution in [0.1, 0.15) is 0 Å². The van der Waals surface area contributed by atoms with Gasteiger partial charge in [0.1, 0.15) is 0 Å². The smallest absolute Gasteiger partial charge is 0.194 e. The third-order valence-electron chi connectivity index (χ3n) is 12.8. The zero-order valence-corrected chi connectivity index (χ0v) is 35.7. The molecule has 1 aromatic heterocycles. The second-order valence-electron chi connectivity index (χ2n) is 16.6. The maximum Gasteiger partial charge on any atom is 0.194 e. The highest BCUT2D eigenvalue weighted by atomic mass is 15.0. The molecule has 0 spiro atoms. The van der Waals surface area contributed by atoms with Crippen molar-refractivity contribution in [2.24, 2.45) is 0 Å². The van der Waals surface area contributed by atoms with E-state index in [-0.39, 0.29) is 0 Å². The minimum absolute atomic E-state index is 0.593. The highest BCUT2D eigenvalue weighted by molar-refractivity contribution is 6.23. The van der Waals surface area contributed by atoms with Crippen molar-refractivity contribution >= 4 is 16.5 Å². The molecule has 10 aromatic carbocycles. The van der Waals surface area contributed by atoms with Gasteiger partial charge in [-0.25, -0.2) is 19.8 Å². The third kappa shape index (κ3) is 6.75. The molecule has 0 saturated heterocycles. The van der Waals surface area contributed by atoms with E-state index in [0.29, 0.717) is 23.2 Å². The zero-order valence-electron chi connectivity index (χ0n) is 35.7. The zero-order chi connectivity index (χ0) is 44.0. The molecule has 4 nitrogen and oxygen atoms in total. The van der Waals surface area contributed by atoms with Crippen LogP contribution < -0.4 is 0 Å². The first kappa shape index (κ1) is 38.6. The Kier molecular flexibility index (Phi) is 9.51. The van der Waals surface area contributed by atoms with Gasteiger partial charge in [-0.05, 0) is 94.7 Å². The van der Waals surface area contributed by atoms with Crippen molar-refractivity contribution in [3.05, 3.63) is 242 Å². The van der Waals surface area contributed by atoms with Crippen LogP contribution in [0.2, 0.25) is 0 Å². The summed E-state index contributed by atoms with van der Waals surface area (Å²) in [5.74, 6) is 1.80. The second kappa shape index (κ2) is 16.3. The molecular weight excluding hydrogens is 801 g/mol. The van der Waals surface area contributed by atoms with Gasteiger partial charge in [0.15, 0.2) is 23.2 Å². The predicted octanol–water partition coefficient (Wildman–Crippen LogP) is 16.6. The first-order valence-corrected chi connectivity index (χ1v) is 22.1. The molecule has 0 fully saturated rings. The fraction of sp³-hybridized carbons (Fsp3) is 0. The standard InChI is InChI=1S/C62H38N4/c1-63-57-26-13-12-21-48(57)46-19-14-20-47(39-46)49-35-36-53-50-22-8-9-23-51(50)54-37-38-55(58(49)59(53)54)52-24-10-11-25-56(52)62-65-60(44-31-27-42(28-32-44)40-15-4-2-5-16-40)64-61(66-62)45-33-29-43(30-34-45)41-17-6-3-7-18-41/h2-39H. The molecule has 0 amide bonds. The summed E-state index contributed by atoms with van der Waals surface area (Å²) in [6.07, 6.45) is 0. The predicted molar refractivity (Wildman–Crippen MR) is 272 cm³/mol. The van der Waals surface area contributed by atoms with Gasteiger partial charge in [-0.1, -0.05) is 224 Å². The summed E-state index contributed by atoms with van der Waals surface area (Å²) in [5, 5.41) is 2.38. The number of rotatable bonds is 8. The van der Waals surface area contributed by atoms with E-state index in [2.05, 4.69) is 199 Å². The van der Waals surface area contributed by atoms with Crippen LogP contribution in [-0.4, -0.2) is 15.0 Å². The minimum atomic E-state index is 0.593. The fourth-order valence-corrected chi connectivity index (χ4v) is 9.58. The lowest BCUT2D eigenvalue weighted by Crippen LogP contribution is -2.01. The van der Waals surface area contributed by atoms with Crippen molar-refractivity contribution in [2.45, 2.75) is 0 Å². The van der Waals surface area contributed by atoms with Gasteiger partial charge in [-0.3, -0.25) is 0 Å². The molecule has 1 aliphatic carbocycles. The maximum absolute atomic E-state index is 7.91. The molecule has 11 aromatic rings. The lowest BCUT2D eigenvalue weighted by atomic mass is 9.86. The number of para-hydroxylation sites is 1. The number of nitrogens with zero attached hydrogens (tertiary/aromatic N) is 4. The van der Waals surface area contributed by atoms with Gasteiger partial charge in [0.05, 0.1) is 6.57 Å². The van der Waals surface area contributed by atoms with E-state index in [9.17, 15) is 0 Å². The first-order valence-electron chi connectivity index (χ1n) is 22.1. The van der Waals surface area contributed by atoms with Crippen LogP contribution in [0.3, 0.4) is 0 Å². The van der Waals surface area contributed by atoms with Gasteiger partial charge in [-0.15, -0.1) is 0 Å². The van der Waals surface area contributed by atoms with E-state index < -0.39 is 0 Å². The molecule has 0 radical (unpaired) electrons. The average Bonchev–Trinajstić information content (AvgIpc) is 3.73. The summed E-state index contributed by atoms with van der Waals surface area (Å²) in [7, 11) is 0. The summed E-state index contributed by atoms with van der Waals surface area (Å²) in [5.41, 5.74) is 19.0. The molecule has 0 aliphatic heterocycles. The Morgan fingerprint density at radius 3 is 1.11 bits per heavy atom. The minimum Gasteiger partial charge on any atom is -0.238 e. The Balaban J connectivity index is 1.06. The number of fused-ring (bicyclic) bond motifs is 3. The first-order chi connectivity index (χ1) is 32.7. The Bertz CT molecular complexity index is 3550. The van der Waals surface area contributed by atoms with Crippen LogP contribution in [-0.2, 0) is 0 Å². The lowest BCUT2D eigenvalue weighted by molar-refractivity contribution is 1.07. The molecule has 0 N–H and O–H groups in total. The van der Waals surface area contributed by atoms with Gasteiger partial charge in [0, 0.05) is 16.7 Å². The van der Waals surface area contributed by atoms with E-state index in [1.165, 1.54) is 27.6 Å². The molecule has 0 saturated carbocycles. The number of hydrogen-bond donors (Lipinski definition) is 0. The molecule has 0 bridgehead atoms. The van der Waals surface area contributed by atoms with E-state index in [1.54, 1.807) is 0 Å². The van der Waals surface area contributed by atoms with E-state index in [0.717, 1.165) is 77.7 Å². The van der Waals surface area contributed by atoms with Crippen LogP contribution in [0.5, 0.6) is 0 Å². The lowest BCUT2D eigenvalue weighted by Gasteiger charge is -2.18. The van der Waals surface area contributed by atoms with E-state index in [4.69, 9.17) is 21.5 Å². The van der Waals surface area contributed by atoms with E-state index in [1.807, 2.05) is 36.4 Å². The molecule has 1 aliphatic rings. The normalized spacial score (nSPS) is 11.3. The summed E-state index contributed by atoms with van der Waals surface area (Å²) < 4.78 is 0. The molecule has 306 valence electrons. The largest absolute Gasteiger partial charge is 0.238 e. The van der Waals surface area contributed by atoms with Crippen molar-refractivity contribution in [2.75, 3.05) is 0 Å². The van der Waals surface area contributed by atoms with Gasteiger partial charge in [-0.2, -0.15) is 0 Å². The Labute approximate surface area is 383 Å². The SMILES string of the molecule is [C-]#[N+]c1ccccc1-c1cccc(-c2ccc3c4c(ccc(-c5ccccc5-c5nc(-c6ccc(-c7ccccc7)cc6)nc(-c6ccc(-c7ccccc7)cc6)n5)c24)-c2ccccc2-3)c1. The van der Waals surface area contributed by atoms with Crippen molar-refractivity contribution < 1.29 is 0 Å². The molecular formula is C62H38N4. The van der Waals surface area contributed by atoms with E-state index >= 15 is 0 Å². The summed E-state index contributed by atoms with van der Waals surface area (Å²) >= 11 is 0. The summed E-state index contributed by atoms with van der Waals surface area (Å²) in [4.78, 5) is 19.7. The second-order valence-corrected chi connectivity index (χ2v) is 16.6. The molecule has 12 rings (SSSR count). The molecule has 66 heavy (non-hydrogen) atoms.